The Morgan fingerprint density at radius 1 is 0.857 bits per heavy atom. The first-order valence-electron chi connectivity index (χ1n) is 9.61. The van der Waals surface area contributed by atoms with Gasteiger partial charge in [0.15, 0.2) is 0 Å². The van der Waals surface area contributed by atoms with Crippen LogP contribution in [0.15, 0.2) is 66.7 Å². The molecule has 4 N–H and O–H groups in total. The quantitative estimate of drug-likeness (QED) is 0.585. The second-order valence-electron chi connectivity index (χ2n) is 7.12. The summed E-state index contributed by atoms with van der Waals surface area (Å²) in [6.07, 6.45) is 1.72. The first-order chi connectivity index (χ1) is 13.5. The smallest absolute Gasteiger partial charge is 0.123 e. The van der Waals surface area contributed by atoms with E-state index in [0.717, 1.165) is 40.8 Å². The van der Waals surface area contributed by atoms with Crippen molar-refractivity contribution in [2.24, 2.45) is 11.5 Å². The molecule has 1 atom stereocenters. The first-order valence-corrected chi connectivity index (χ1v) is 9.61. The highest BCUT2D eigenvalue weighted by molar-refractivity contribution is 5.75. The Kier molecular flexibility index (Phi) is 6.80. The molecule has 0 saturated carbocycles. The van der Waals surface area contributed by atoms with Gasteiger partial charge < -0.3 is 16.2 Å². The second kappa shape index (κ2) is 9.49. The maximum absolute atomic E-state index is 13.3. The summed E-state index contributed by atoms with van der Waals surface area (Å²) >= 11 is 0. The maximum Gasteiger partial charge on any atom is 0.123 e. The van der Waals surface area contributed by atoms with Gasteiger partial charge in [0.05, 0.1) is 0 Å². The summed E-state index contributed by atoms with van der Waals surface area (Å²) in [6.45, 7) is 3.13. The van der Waals surface area contributed by atoms with Crippen LogP contribution in [0.3, 0.4) is 0 Å². The zero-order valence-electron chi connectivity index (χ0n) is 16.2. The summed E-state index contributed by atoms with van der Waals surface area (Å²) in [5, 5.41) is 0. The minimum atomic E-state index is -0.249. The van der Waals surface area contributed by atoms with Crippen molar-refractivity contribution in [2.75, 3.05) is 13.2 Å². The molecule has 0 saturated heterocycles. The summed E-state index contributed by atoms with van der Waals surface area (Å²) in [7, 11) is 0. The van der Waals surface area contributed by atoms with Gasteiger partial charge >= 0.3 is 0 Å². The van der Waals surface area contributed by atoms with E-state index in [0.29, 0.717) is 13.2 Å². The van der Waals surface area contributed by atoms with E-state index in [1.165, 1.54) is 17.7 Å². The van der Waals surface area contributed by atoms with Crippen LogP contribution in [-0.2, 0) is 0 Å². The summed E-state index contributed by atoms with van der Waals surface area (Å²) < 4.78 is 19.3. The van der Waals surface area contributed by atoms with Crippen molar-refractivity contribution in [1.82, 2.24) is 0 Å². The normalized spacial score (nSPS) is 12.0. The lowest BCUT2D eigenvalue weighted by atomic mass is 9.98. The molecule has 3 rings (SSSR count). The lowest BCUT2D eigenvalue weighted by molar-refractivity contribution is 0.281. The van der Waals surface area contributed by atoms with Crippen molar-refractivity contribution < 1.29 is 9.13 Å². The van der Waals surface area contributed by atoms with E-state index >= 15 is 0 Å². The second-order valence-corrected chi connectivity index (χ2v) is 7.12. The third kappa shape index (κ3) is 5.41. The SMILES string of the molecule is Cc1ccc(-c2cc(OC[C@H](N)CCCN)cc(-c3ccc(F)cc3)c2)cc1. The molecule has 0 unspecified atom stereocenters. The van der Waals surface area contributed by atoms with E-state index in [2.05, 4.69) is 37.3 Å². The van der Waals surface area contributed by atoms with Gasteiger partial charge in [-0.15, -0.1) is 0 Å². The van der Waals surface area contributed by atoms with Crippen molar-refractivity contribution in [3.63, 3.8) is 0 Å². The van der Waals surface area contributed by atoms with E-state index in [9.17, 15) is 4.39 Å². The summed E-state index contributed by atoms with van der Waals surface area (Å²) in [5.41, 5.74) is 16.9. The molecule has 3 nitrogen and oxygen atoms in total. The molecule has 3 aromatic rings. The van der Waals surface area contributed by atoms with Crippen LogP contribution < -0.4 is 16.2 Å². The Morgan fingerprint density at radius 2 is 1.43 bits per heavy atom. The van der Waals surface area contributed by atoms with Gasteiger partial charge in [0.25, 0.3) is 0 Å². The number of rotatable bonds is 8. The molecule has 3 aromatic carbocycles. The number of hydrogen-bond acceptors (Lipinski definition) is 3. The maximum atomic E-state index is 13.3. The van der Waals surface area contributed by atoms with Crippen LogP contribution in [-0.4, -0.2) is 19.2 Å². The zero-order valence-corrected chi connectivity index (χ0v) is 16.2. The van der Waals surface area contributed by atoms with Crippen molar-refractivity contribution in [3.8, 4) is 28.0 Å². The lowest BCUT2D eigenvalue weighted by Gasteiger charge is -2.15. The van der Waals surface area contributed by atoms with Crippen LogP contribution >= 0.6 is 0 Å². The van der Waals surface area contributed by atoms with Crippen molar-refractivity contribution in [3.05, 3.63) is 78.1 Å². The third-order valence-electron chi connectivity index (χ3n) is 4.71. The average Bonchev–Trinajstić information content (AvgIpc) is 2.71. The minimum Gasteiger partial charge on any atom is -0.492 e. The molecule has 4 heteroatoms. The third-order valence-corrected chi connectivity index (χ3v) is 4.71. The van der Waals surface area contributed by atoms with E-state index in [1.54, 1.807) is 12.1 Å². The molecule has 0 heterocycles. The van der Waals surface area contributed by atoms with Crippen molar-refractivity contribution >= 4 is 0 Å². The van der Waals surface area contributed by atoms with Crippen LogP contribution in [0.1, 0.15) is 18.4 Å². The fourth-order valence-corrected chi connectivity index (χ4v) is 3.07. The molecule has 0 aliphatic heterocycles. The molecule has 28 heavy (non-hydrogen) atoms. The van der Waals surface area contributed by atoms with Crippen LogP contribution in [0.5, 0.6) is 5.75 Å². The molecule has 0 radical (unpaired) electrons. The summed E-state index contributed by atoms with van der Waals surface area (Å²) in [6, 6.07) is 20.9. The highest BCUT2D eigenvalue weighted by Crippen LogP contribution is 2.32. The molecular formula is C24H27FN2O. The molecule has 0 aliphatic rings. The van der Waals surface area contributed by atoms with Gasteiger partial charge in [-0.25, -0.2) is 4.39 Å². The van der Waals surface area contributed by atoms with E-state index in [4.69, 9.17) is 16.2 Å². The molecule has 0 aliphatic carbocycles. The number of halogens is 1. The first kappa shape index (κ1) is 20.1. The summed E-state index contributed by atoms with van der Waals surface area (Å²) in [4.78, 5) is 0. The van der Waals surface area contributed by atoms with Gasteiger partial charge in [-0.2, -0.15) is 0 Å². The monoisotopic (exact) mass is 378 g/mol. The average molecular weight is 378 g/mol. The Morgan fingerprint density at radius 3 is 2.00 bits per heavy atom. The molecule has 0 amide bonds. The molecule has 146 valence electrons. The predicted molar refractivity (Wildman–Crippen MR) is 114 cm³/mol. The van der Waals surface area contributed by atoms with E-state index in [-0.39, 0.29) is 11.9 Å². The highest BCUT2D eigenvalue weighted by Gasteiger charge is 2.09. The predicted octanol–water partition coefficient (Wildman–Crippen LogP) is 4.91. The fraction of sp³-hybridized carbons (Fsp3) is 0.250. The van der Waals surface area contributed by atoms with Crippen LogP contribution in [0.25, 0.3) is 22.3 Å². The number of hydrogen-bond donors (Lipinski definition) is 2. The fourth-order valence-electron chi connectivity index (χ4n) is 3.07. The number of aryl methyl sites for hydroxylation is 1. The molecular weight excluding hydrogens is 351 g/mol. The van der Waals surface area contributed by atoms with Crippen LogP contribution in [0.2, 0.25) is 0 Å². The number of nitrogens with two attached hydrogens (primary N) is 2. The van der Waals surface area contributed by atoms with Crippen LogP contribution in [0, 0.1) is 12.7 Å². The van der Waals surface area contributed by atoms with E-state index in [1.807, 2.05) is 12.1 Å². The molecule has 0 spiro atoms. The molecule has 0 bridgehead atoms. The van der Waals surface area contributed by atoms with Gasteiger partial charge in [-0.1, -0.05) is 42.0 Å². The number of ether oxygens (including phenoxy) is 1. The largest absolute Gasteiger partial charge is 0.492 e. The minimum absolute atomic E-state index is 0.0548. The van der Waals surface area contributed by atoms with Gasteiger partial charge in [-0.3, -0.25) is 0 Å². The molecule has 0 fully saturated rings. The Labute approximate surface area is 166 Å². The highest BCUT2D eigenvalue weighted by atomic mass is 19.1. The zero-order chi connectivity index (χ0) is 19.9. The van der Waals surface area contributed by atoms with E-state index < -0.39 is 0 Å². The Bertz CT molecular complexity index is 828. The Hall–Kier alpha value is -2.69. The van der Waals surface area contributed by atoms with Gasteiger partial charge in [0.1, 0.15) is 18.2 Å². The van der Waals surface area contributed by atoms with Crippen molar-refractivity contribution in [1.29, 1.82) is 0 Å². The standard InChI is InChI=1S/C24H27FN2O/c1-17-4-6-18(7-5-17)20-13-21(19-8-10-22(25)11-9-19)15-24(14-20)28-16-23(27)3-2-12-26/h4-11,13-15,23H,2-3,12,16,26-27H2,1H3/t23-/m1/s1. The van der Waals surface area contributed by atoms with Gasteiger partial charge in [0.2, 0.25) is 0 Å². The Balaban J connectivity index is 1.91. The topological polar surface area (TPSA) is 61.3 Å². The van der Waals surface area contributed by atoms with Crippen LogP contribution in [0.4, 0.5) is 4.39 Å². The summed E-state index contributed by atoms with van der Waals surface area (Å²) in [5.74, 6) is 0.501. The number of benzene rings is 3. The van der Waals surface area contributed by atoms with Gasteiger partial charge in [-0.05, 0) is 78.9 Å². The lowest BCUT2D eigenvalue weighted by Crippen LogP contribution is -2.28. The van der Waals surface area contributed by atoms with Gasteiger partial charge in [0, 0.05) is 6.04 Å². The van der Waals surface area contributed by atoms with Crippen molar-refractivity contribution in [2.45, 2.75) is 25.8 Å². The molecule has 0 aromatic heterocycles.